The second-order valence-corrected chi connectivity index (χ2v) is 8.18. The summed E-state index contributed by atoms with van der Waals surface area (Å²) in [6.45, 7) is 5.94. The number of esters is 1. The van der Waals surface area contributed by atoms with Crippen LogP contribution in [-0.2, 0) is 20.7 Å². The minimum atomic E-state index is -0.856. The summed E-state index contributed by atoms with van der Waals surface area (Å²) in [5.74, 6) is 1.03. The molecule has 29 heavy (non-hydrogen) atoms. The summed E-state index contributed by atoms with van der Waals surface area (Å²) in [6, 6.07) is 5.04. The van der Waals surface area contributed by atoms with Gasteiger partial charge in [-0.05, 0) is 50.3 Å². The van der Waals surface area contributed by atoms with Crippen molar-refractivity contribution >= 4 is 12.1 Å². The third-order valence-electron chi connectivity index (χ3n) is 5.76. The van der Waals surface area contributed by atoms with Crippen molar-refractivity contribution < 1.29 is 28.5 Å². The van der Waals surface area contributed by atoms with Crippen molar-refractivity contribution in [1.82, 2.24) is 4.90 Å². The lowest BCUT2D eigenvalue weighted by atomic mass is 9.83. The van der Waals surface area contributed by atoms with Gasteiger partial charge in [0.2, 0.25) is 6.79 Å². The zero-order chi connectivity index (χ0) is 21.2. The van der Waals surface area contributed by atoms with Crippen LogP contribution in [0.3, 0.4) is 0 Å². The van der Waals surface area contributed by atoms with E-state index in [1.54, 1.807) is 18.9 Å². The van der Waals surface area contributed by atoms with Gasteiger partial charge in [-0.25, -0.2) is 4.79 Å². The Morgan fingerprint density at radius 3 is 2.83 bits per heavy atom. The molecule has 2 aliphatic heterocycles. The maximum atomic E-state index is 12.5. The number of amides is 1. The molecule has 4 unspecified atom stereocenters. The zero-order valence-corrected chi connectivity index (χ0v) is 17.5. The number of nitrogens with two attached hydrogens (primary N) is 1. The average molecular weight is 406 g/mol. The Balaban J connectivity index is 1.54. The van der Waals surface area contributed by atoms with Gasteiger partial charge in [-0.3, -0.25) is 4.79 Å². The predicted octanol–water partition coefficient (Wildman–Crippen LogP) is 2.47. The largest absolute Gasteiger partial charge is 0.455 e. The first-order valence-electron chi connectivity index (χ1n) is 9.99. The molecule has 1 amide bonds. The van der Waals surface area contributed by atoms with Gasteiger partial charge in [-0.2, -0.15) is 0 Å². The average Bonchev–Trinajstić information content (AvgIpc) is 3.16. The Bertz CT molecular complexity index is 770. The van der Waals surface area contributed by atoms with E-state index in [9.17, 15) is 9.59 Å². The molecule has 160 valence electrons. The lowest BCUT2D eigenvalue weighted by Crippen LogP contribution is -2.54. The van der Waals surface area contributed by atoms with E-state index in [-0.39, 0.29) is 25.4 Å². The zero-order valence-electron chi connectivity index (χ0n) is 17.5. The molecule has 0 bridgehead atoms. The van der Waals surface area contributed by atoms with Crippen LogP contribution in [0.25, 0.3) is 0 Å². The maximum Gasteiger partial charge on any atom is 0.409 e. The summed E-state index contributed by atoms with van der Waals surface area (Å²) in [6.07, 6.45) is 1.52. The van der Waals surface area contributed by atoms with Crippen molar-refractivity contribution in [1.29, 1.82) is 0 Å². The van der Waals surface area contributed by atoms with Gasteiger partial charge in [0.15, 0.2) is 11.5 Å². The van der Waals surface area contributed by atoms with Crippen molar-refractivity contribution in [2.24, 2.45) is 11.7 Å². The van der Waals surface area contributed by atoms with Crippen LogP contribution in [0.4, 0.5) is 4.79 Å². The summed E-state index contributed by atoms with van der Waals surface area (Å²) in [4.78, 5) is 26.1. The predicted molar refractivity (Wildman–Crippen MR) is 106 cm³/mol. The van der Waals surface area contributed by atoms with Crippen LogP contribution < -0.4 is 15.2 Å². The number of nitrogens with zero attached hydrogens (tertiary/aromatic N) is 1. The highest BCUT2D eigenvalue weighted by Gasteiger charge is 2.43. The smallest absolute Gasteiger partial charge is 0.409 e. The molecule has 0 aliphatic carbocycles. The monoisotopic (exact) mass is 406 g/mol. The molecule has 0 spiro atoms. The minimum Gasteiger partial charge on any atom is -0.455 e. The highest BCUT2D eigenvalue weighted by atomic mass is 16.7. The number of hydrogen-bond acceptors (Lipinski definition) is 7. The number of benzene rings is 1. The molecular weight excluding hydrogens is 376 g/mol. The molecule has 4 atom stereocenters. The molecule has 1 aromatic rings. The Morgan fingerprint density at radius 2 is 2.10 bits per heavy atom. The summed E-state index contributed by atoms with van der Waals surface area (Å²) in [5.41, 5.74) is 6.08. The van der Waals surface area contributed by atoms with Crippen molar-refractivity contribution in [3.8, 4) is 11.5 Å². The summed E-state index contributed by atoms with van der Waals surface area (Å²) < 4.78 is 21.7. The topological polar surface area (TPSA) is 100 Å². The third kappa shape index (κ3) is 4.75. The number of cyclic esters (lactones) is 1. The molecule has 1 fully saturated rings. The molecule has 8 heteroatoms. The summed E-state index contributed by atoms with van der Waals surface area (Å²) in [7, 11) is 1.69. The van der Waals surface area contributed by atoms with Crippen LogP contribution in [0.1, 0.15) is 39.2 Å². The molecule has 3 rings (SSSR count). The maximum absolute atomic E-state index is 12.5. The first-order chi connectivity index (χ1) is 13.7. The van der Waals surface area contributed by atoms with E-state index < -0.39 is 23.7 Å². The number of fused-ring (bicyclic) bond motifs is 1. The molecular formula is C21H30N2O6. The van der Waals surface area contributed by atoms with Crippen LogP contribution >= 0.6 is 0 Å². The van der Waals surface area contributed by atoms with E-state index in [4.69, 9.17) is 24.7 Å². The van der Waals surface area contributed by atoms with Crippen molar-refractivity contribution in [2.45, 2.75) is 57.7 Å². The van der Waals surface area contributed by atoms with Crippen LogP contribution in [0.2, 0.25) is 0 Å². The Hall–Kier alpha value is -2.48. The third-order valence-corrected chi connectivity index (χ3v) is 5.76. The number of ether oxygens (including phenoxy) is 4. The normalized spacial score (nSPS) is 26.6. The SMILES string of the molecule is CCC1CC(C)(COC(=O)N(C)C(C)Cc2ccc3c(c2)OCO3)OC(=O)C1N. The van der Waals surface area contributed by atoms with Gasteiger partial charge >= 0.3 is 12.1 Å². The summed E-state index contributed by atoms with van der Waals surface area (Å²) in [5, 5.41) is 0. The standard InChI is InChI=1S/C21H30N2O6/c1-5-15-10-21(3,29-19(24)18(15)22)11-26-20(25)23(4)13(2)8-14-6-7-16-17(9-14)28-12-27-16/h6-7,9,13,15,18H,5,8,10-12,22H2,1-4H3. The summed E-state index contributed by atoms with van der Waals surface area (Å²) >= 11 is 0. The molecule has 8 nitrogen and oxygen atoms in total. The number of likely N-dealkylation sites (N-methyl/N-ethyl adjacent to an activating group) is 1. The number of rotatable bonds is 6. The molecule has 2 aliphatic rings. The Morgan fingerprint density at radius 1 is 1.38 bits per heavy atom. The van der Waals surface area contributed by atoms with Crippen molar-refractivity contribution in [2.75, 3.05) is 20.4 Å². The van der Waals surface area contributed by atoms with Gasteiger partial charge < -0.3 is 29.6 Å². The molecule has 0 aromatic heterocycles. The number of carbonyl (C=O) groups excluding carboxylic acids is 2. The lowest BCUT2D eigenvalue weighted by Gasteiger charge is -2.40. The van der Waals surface area contributed by atoms with Gasteiger partial charge in [0.05, 0.1) is 0 Å². The van der Waals surface area contributed by atoms with Gasteiger partial charge in [0.1, 0.15) is 18.2 Å². The van der Waals surface area contributed by atoms with E-state index in [0.717, 1.165) is 23.5 Å². The quantitative estimate of drug-likeness (QED) is 0.724. The van der Waals surface area contributed by atoms with E-state index in [2.05, 4.69) is 0 Å². The van der Waals surface area contributed by atoms with E-state index in [0.29, 0.717) is 12.8 Å². The van der Waals surface area contributed by atoms with Crippen LogP contribution in [0, 0.1) is 5.92 Å². The first kappa shape index (κ1) is 21.2. The lowest BCUT2D eigenvalue weighted by molar-refractivity contribution is -0.178. The van der Waals surface area contributed by atoms with E-state index in [1.165, 1.54) is 0 Å². The molecule has 1 saturated heterocycles. The van der Waals surface area contributed by atoms with Crippen LogP contribution in [-0.4, -0.2) is 55.1 Å². The Labute approximate surface area is 171 Å². The van der Waals surface area contributed by atoms with Crippen LogP contribution in [0.15, 0.2) is 18.2 Å². The molecule has 0 radical (unpaired) electrons. The fourth-order valence-corrected chi connectivity index (χ4v) is 3.76. The minimum absolute atomic E-state index is 0.00186. The Kier molecular flexibility index (Phi) is 6.21. The van der Waals surface area contributed by atoms with Crippen molar-refractivity contribution in [3.63, 3.8) is 0 Å². The molecule has 2 N–H and O–H groups in total. The second kappa shape index (κ2) is 8.49. The highest BCUT2D eigenvalue weighted by molar-refractivity contribution is 5.77. The van der Waals surface area contributed by atoms with Gasteiger partial charge in [-0.1, -0.05) is 19.4 Å². The van der Waals surface area contributed by atoms with E-state index >= 15 is 0 Å². The van der Waals surface area contributed by atoms with Gasteiger partial charge in [0.25, 0.3) is 0 Å². The number of hydrogen-bond donors (Lipinski definition) is 1. The molecule has 2 heterocycles. The van der Waals surface area contributed by atoms with Crippen molar-refractivity contribution in [3.05, 3.63) is 23.8 Å². The fraction of sp³-hybridized carbons (Fsp3) is 0.619. The van der Waals surface area contributed by atoms with Gasteiger partial charge in [-0.15, -0.1) is 0 Å². The fourth-order valence-electron chi connectivity index (χ4n) is 3.76. The highest BCUT2D eigenvalue weighted by Crippen LogP contribution is 2.33. The number of carbonyl (C=O) groups is 2. The van der Waals surface area contributed by atoms with Gasteiger partial charge in [0, 0.05) is 13.1 Å². The second-order valence-electron chi connectivity index (χ2n) is 8.18. The van der Waals surface area contributed by atoms with Crippen LogP contribution in [0.5, 0.6) is 11.5 Å². The molecule has 0 saturated carbocycles. The van der Waals surface area contributed by atoms with E-state index in [1.807, 2.05) is 32.0 Å². The molecule has 1 aromatic carbocycles. The first-order valence-corrected chi connectivity index (χ1v) is 9.99.